The zero-order valence-corrected chi connectivity index (χ0v) is 19.1. The summed E-state index contributed by atoms with van der Waals surface area (Å²) < 4.78 is 19.9. The molecule has 0 spiro atoms. The Morgan fingerprint density at radius 1 is 1.25 bits per heavy atom. The summed E-state index contributed by atoms with van der Waals surface area (Å²) >= 11 is 7.33. The van der Waals surface area contributed by atoms with Gasteiger partial charge in [-0.3, -0.25) is 14.5 Å². The molecular formula is C23H23ClFN3O3S. The summed E-state index contributed by atoms with van der Waals surface area (Å²) in [6.45, 7) is 3.25. The molecule has 1 aromatic heterocycles. The number of aryl methyl sites for hydroxylation is 1. The number of hydrogen-bond acceptors (Lipinski definition) is 6. The van der Waals surface area contributed by atoms with Crippen molar-refractivity contribution in [2.45, 2.75) is 25.8 Å². The molecule has 2 aromatic carbocycles. The molecule has 32 heavy (non-hydrogen) atoms. The average molecular weight is 476 g/mol. The zero-order chi connectivity index (χ0) is 22.7. The smallest absolute Gasteiger partial charge is 0.280 e. The summed E-state index contributed by atoms with van der Waals surface area (Å²) in [5.74, 6) is -0.258. The van der Waals surface area contributed by atoms with Gasteiger partial charge in [-0.25, -0.2) is 9.37 Å². The predicted octanol–water partition coefficient (Wildman–Crippen LogP) is 4.24. The number of rotatable bonds is 7. The minimum atomic E-state index is -0.353. The Hall–Kier alpha value is -2.55. The average Bonchev–Trinajstić information content (AvgIpc) is 3.19. The van der Waals surface area contributed by atoms with E-state index in [4.69, 9.17) is 16.3 Å². The van der Waals surface area contributed by atoms with Crippen LogP contribution in [-0.2, 0) is 4.79 Å². The molecule has 1 saturated heterocycles. The zero-order valence-electron chi connectivity index (χ0n) is 17.6. The highest BCUT2D eigenvalue weighted by molar-refractivity contribution is 7.20. The van der Waals surface area contributed by atoms with Crippen molar-refractivity contribution in [2.75, 3.05) is 26.2 Å². The van der Waals surface area contributed by atoms with Crippen molar-refractivity contribution in [3.8, 4) is 5.75 Å². The first-order valence-electron chi connectivity index (χ1n) is 10.4. The Kier molecular flexibility index (Phi) is 7.03. The molecule has 0 radical (unpaired) electrons. The first kappa shape index (κ1) is 22.6. The molecule has 0 atom stereocenters. The van der Waals surface area contributed by atoms with E-state index in [1.807, 2.05) is 11.0 Å². The maximum Gasteiger partial charge on any atom is 0.280 e. The van der Waals surface area contributed by atoms with Gasteiger partial charge in [0.1, 0.15) is 18.2 Å². The highest BCUT2D eigenvalue weighted by Crippen LogP contribution is 2.25. The molecule has 3 aromatic rings. The van der Waals surface area contributed by atoms with Gasteiger partial charge in [0.2, 0.25) is 0 Å². The number of fused-ring (bicyclic) bond motifs is 1. The Labute approximate surface area is 194 Å². The molecule has 1 aliphatic heterocycles. The van der Waals surface area contributed by atoms with E-state index in [0.29, 0.717) is 34.4 Å². The van der Waals surface area contributed by atoms with Crippen molar-refractivity contribution < 1.29 is 18.7 Å². The quantitative estimate of drug-likeness (QED) is 0.553. The number of Topliss-reactive ketones (excluding diaryl/α,β-unsaturated/α-hetero) is 1. The number of likely N-dealkylation sites (tertiary alicyclic amines) is 1. The molecule has 1 N–H and O–H groups in total. The fourth-order valence-electron chi connectivity index (χ4n) is 3.60. The molecule has 168 valence electrons. The van der Waals surface area contributed by atoms with Crippen LogP contribution in [0.4, 0.5) is 4.39 Å². The lowest BCUT2D eigenvalue weighted by Gasteiger charge is -2.31. The number of amides is 1. The van der Waals surface area contributed by atoms with Crippen LogP contribution < -0.4 is 10.1 Å². The predicted molar refractivity (Wildman–Crippen MR) is 123 cm³/mol. The van der Waals surface area contributed by atoms with Crippen LogP contribution in [0.1, 0.15) is 28.2 Å². The molecule has 2 heterocycles. The lowest BCUT2D eigenvalue weighted by atomic mass is 10.0. The Balaban J connectivity index is 1.21. The van der Waals surface area contributed by atoms with Gasteiger partial charge < -0.3 is 10.1 Å². The van der Waals surface area contributed by atoms with Gasteiger partial charge in [-0.05, 0) is 49.6 Å². The van der Waals surface area contributed by atoms with Gasteiger partial charge in [0.25, 0.3) is 5.91 Å². The molecule has 6 nitrogen and oxygen atoms in total. The SMILES string of the molecule is Cc1ccc(OCC(=O)CN2CCC(NC(=O)c3nc4cc(Cl)ccc4s3)CC2)cc1F. The third-order valence-electron chi connectivity index (χ3n) is 5.41. The van der Waals surface area contributed by atoms with E-state index < -0.39 is 0 Å². The fourth-order valence-corrected chi connectivity index (χ4v) is 4.62. The number of nitrogens with one attached hydrogen (secondary N) is 1. The molecule has 0 aliphatic carbocycles. The molecule has 1 aliphatic rings. The number of ether oxygens (including phenoxy) is 1. The van der Waals surface area contributed by atoms with E-state index in [-0.39, 0.29) is 36.7 Å². The third-order valence-corrected chi connectivity index (χ3v) is 6.68. The monoisotopic (exact) mass is 475 g/mol. The van der Waals surface area contributed by atoms with Crippen LogP contribution >= 0.6 is 22.9 Å². The van der Waals surface area contributed by atoms with Crippen LogP contribution in [-0.4, -0.2) is 53.9 Å². The highest BCUT2D eigenvalue weighted by Gasteiger charge is 2.24. The largest absolute Gasteiger partial charge is 0.486 e. The molecular weight excluding hydrogens is 453 g/mol. The van der Waals surface area contributed by atoms with E-state index >= 15 is 0 Å². The first-order valence-corrected chi connectivity index (χ1v) is 11.6. The standard InChI is InChI=1S/C23H23ClFN3O3S/c1-14-2-4-18(11-19(14)25)31-13-17(29)12-28-8-6-16(7-9-28)26-22(30)23-27-20-10-15(24)3-5-21(20)32-23/h2-5,10-11,16H,6-9,12-13H2,1H3,(H,26,30). The number of piperidine rings is 1. The first-order chi connectivity index (χ1) is 15.4. The molecule has 1 amide bonds. The number of nitrogens with zero attached hydrogens (tertiary/aromatic N) is 2. The number of benzene rings is 2. The summed E-state index contributed by atoms with van der Waals surface area (Å²) in [4.78, 5) is 31.3. The van der Waals surface area contributed by atoms with Crippen LogP contribution in [0, 0.1) is 12.7 Å². The van der Waals surface area contributed by atoms with E-state index in [0.717, 1.165) is 23.1 Å². The van der Waals surface area contributed by atoms with Gasteiger partial charge in [0.15, 0.2) is 10.8 Å². The second-order valence-corrected chi connectivity index (χ2v) is 9.36. The second kappa shape index (κ2) is 9.94. The van der Waals surface area contributed by atoms with E-state index in [2.05, 4.69) is 10.3 Å². The van der Waals surface area contributed by atoms with E-state index in [9.17, 15) is 14.0 Å². The Morgan fingerprint density at radius 3 is 2.78 bits per heavy atom. The molecule has 4 rings (SSSR count). The summed E-state index contributed by atoms with van der Waals surface area (Å²) in [5, 5.41) is 4.06. The van der Waals surface area contributed by atoms with Crippen molar-refractivity contribution in [3.05, 3.63) is 57.8 Å². The van der Waals surface area contributed by atoms with Crippen molar-refractivity contribution in [3.63, 3.8) is 0 Å². The normalized spacial score (nSPS) is 15.1. The van der Waals surface area contributed by atoms with E-state index in [1.165, 1.54) is 17.4 Å². The summed E-state index contributed by atoms with van der Waals surface area (Å²) in [6.07, 6.45) is 1.50. The van der Waals surface area contributed by atoms with Gasteiger partial charge in [0, 0.05) is 30.2 Å². The number of hydrogen-bond donors (Lipinski definition) is 1. The van der Waals surface area contributed by atoms with Gasteiger partial charge >= 0.3 is 0 Å². The maximum absolute atomic E-state index is 13.6. The maximum atomic E-state index is 13.6. The lowest BCUT2D eigenvalue weighted by Crippen LogP contribution is -2.46. The highest BCUT2D eigenvalue weighted by atomic mass is 35.5. The molecule has 1 fully saturated rings. The van der Waals surface area contributed by atoms with Crippen LogP contribution in [0.25, 0.3) is 10.2 Å². The summed E-state index contributed by atoms with van der Waals surface area (Å²) in [5.41, 5.74) is 1.25. The van der Waals surface area contributed by atoms with Crippen LogP contribution in [0.5, 0.6) is 5.75 Å². The van der Waals surface area contributed by atoms with Crippen LogP contribution in [0.2, 0.25) is 5.02 Å². The minimum Gasteiger partial charge on any atom is -0.486 e. The molecule has 0 bridgehead atoms. The van der Waals surface area contributed by atoms with Crippen molar-refractivity contribution in [2.24, 2.45) is 0 Å². The van der Waals surface area contributed by atoms with Crippen molar-refractivity contribution >= 4 is 44.8 Å². The lowest BCUT2D eigenvalue weighted by molar-refractivity contribution is -0.122. The summed E-state index contributed by atoms with van der Waals surface area (Å²) in [6, 6.07) is 10.00. The van der Waals surface area contributed by atoms with Gasteiger partial charge in [-0.1, -0.05) is 17.7 Å². The van der Waals surface area contributed by atoms with Crippen LogP contribution in [0.3, 0.4) is 0 Å². The fraction of sp³-hybridized carbons (Fsp3) is 0.348. The molecule has 9 heteroatoms. The van der Waals surface area contributed by atoms with E-state index in [1.54, 1.807) is 31.2 Å². The topological polar surface area (TPSA) is 71.5 Å². The number of carbonyl (C=O) groups is 2. The number of halogens is 2. The number of carbonyl (C=O) groups excluding carboxylic acids is 2. The number of ketones is 1. The van der Waals surface area contributed by atoms with Crippen molar-refractivity contribution in [1.29, 1.82) is 0 Å². The third kappa shape index (κ3) is 5.62. The minimum absolute atomic E-state index is 0.0382. The molecule has 0 saturated carbocycles. The van der Waals surface area contributed by atoms with Gasteiger partial charge in [0.05, 0.1) is 16.8 Å². The van der Waals surface area contributed by atoms with Crippen molar-refractivity contribution in [1.82, 2.24) is 15.2 Å². The second-order valence-electron chi connectivity index (χ2n) is 7.89. The number of aromatic nitrogens is 1. The Morgan fingerprint density at radius 2 is 2.03 bits per heavy atom. The number of thiazole rings is 1. The summed E-state index contributed by atoms with van der Waals surface area (Å²) in [7, 11) is 0. The Bertz CT molecular complexity index is 1140. The van der Waals surface area contributed by atoms with Gasteiger partial charge in [-0.2, -0.15) is 0 Å². The molecule has 0 unspecified atom stereocenters. The van der Waals surface area contributed by atoms with Crippen LogP contribution in [0.15, 0.2) is 36.4 Å². The van der Waals surface area contributed by atoms with Gasteiger partial charge in [-0.15, -0.1) is 11.3 Å².